The van der Waals surface area contributed by atoms with Crippen LogP contribution in [0.5, 0.6) is 0 Å². The molecule has 1 amide bonds. The molecule has 0 saturated carbocycles. The van der Waals surface area contributed by atoms with Gasteiger partial charge in [0.2, 0.25) is 5.91 Å². The highest BCUT2D eigenvalue weighted by atomic mass is 19.1. The molecule has 0 unspecified atom stereocenters. The van der Waals surface area contributed by atoms with Crippen molar-refractivity contribution in [1.29, 1.82) is 0 Å². The topological polar surface area (TPSA) is 42.0 Å². The molecule has 0 bridgehead atoms. The summed E-state index contributed by atoms with van der Waals surface area (Å²) in [6.45, 7) is 1.91. The number of carbonyl (C=O) groups excluding carboxylic acids is 1. The van der Waals surface area contributed by atoms with Gasteiger partial charge in [-0.2, -0.15) is 0 Å². The molecule has 1 heterocycles. The van der Waals surface area contributed by atoms with Crippen LogP contribution in [0.1, 0.15) is 24.1 Å². The summed E-state index contributed by atoms with van der Waals surface area (Å²) in [5.41, 5.74) is 3.23. The van der Waals surface area contributed by atoms with E-state index < -0.39 is 0 Å². The van der Waals surface area contributed by atoms with Gasteiger partial charge in [0.25, 0.3) is 0 Å². The smallest absolute Gasteiger partial charge is 0.244 e. The van der Waals surface area contributed by atoms with Crippen LogP contribution in [0, 0.1) is 5.82 Å². The highest BCUT2D eigenvalue weighted by molar-refractivity contribution is 5.92. The van der Waals surface area contributed by atoms with Gasteiger partial charge in [0, 0.05) is 23.4 Å². The van der Waals surface area contributed by atoms with E-state index in [-0.39, 0.29) is 17.8 Å². The quantitative estimate of drug-likeness (QED) is 0.676. The molecular weight excluding hydrogens is 327 g/mol. The number of hydrogen-bond acceptors (Lipinski definition) is 2. The monoisotopic (exact) mass is 346 g/mol. The number of nitrogens with zero attached hydrogens (tertiary/aromatic N) is 1. The zero-order valence-corrected chi connectivity index (χ0v) is 14.4. The van der Waals surface area contributed by atoms with E-state index in [4.69, 9.17) is 0 Å². The Bertz CT molecular complexity index is 922. The van der Waals surface area contributed by atoms with Crippen LogP contribution in [-0.2, 0) is 4.79 Å². The molecule has 0 spiro atoms. The molecule has 0 saturated heterocycles. The number of nitrogens with one attached hydrogen (secondary N) is 1. The van der Waals surface area contributed by atoms with E-state index in [0.717, 1.165) is 16.8 Å². The van der Waals surface area contributed by atoms with Crippen molar-refractivity contribution in [2.75, 3.05) is 0 Å². The van der Waals surface area contributed by atoms with Gasteiger partial charge in [-0.3, -0.25) is 9.78 Å². The summed E-state index contributed by atoms with van der Waals surface area (Å²) in [6, 6.07) is 19.8. The van der Waals surface area contributed by atoms with Gasteiger partial charge in [-0.15, -0.1) is 0 Å². The van der Waals surface area contributed by atoms with Crippen molar-refractivity contribution in [3.63, 3.8) is 0 Å². The van der Waals surface area contributed by atoms with Crippen LogP contribution in [0.3, 0.4) is 0 Å². The Morgan fingerprint density at radius 1 is 1.08 bits per heavy atom. The second kappa shape index (κ2) is 8.21. The molecule has 2 aromatic carbocycles. The van der Waals surface area contributed by atoms with Crippen molar-refractivity contribution in [2.45, 2.75) is 13.0 Å². The van der Waals surface area contributed by atoms with Crippen molar-refractivity contribution in [3.05, 3.63) is 95.9 Å². The third-order valence-electron chi connectivity index (χ3n) is 4.03. The summed E-state index contributed by atoms with van der Waals surface area (Å²) in [5, 5.41) is 2.90. The standard InChI is InChI=1S/C22H19FN2O/c1-16(25-22(26)13-12-17-7-2-3-10-20(17)23)18-8-6-9-19(15-18)21-11-4-5-14-24-21/h2-16H,1H3,(H,25,26)/b13-12+/t16-/m0/s1. The SMILES string of the molecule is C[C@H](NC(=O)/C=C/c1ccccc1F)c1cccc(-c2ccccn2)c1. The summed E-state index contributed by atoms with van der Waals surface area (Å²) in [5.74, 6) is -0.628. The van der Waals surface area contributed by atoms with E-state index in [2.05, 4.69) is 10.3 Å². The van der Waals surface area contributed by atoms with E-state index in [1.54, 1.807) is 24.4 Å². The molecule has 0 aliphatic rings. The summed E-state index contributed by atoms with van der Waals surface area (Å²) < 4.78 is 13.6. The molecule has 26 heavy (non-hydrogen) atoms. The van der Waals surface area contributed by atoms with Gasteiger partial charge in [0.05, 0.1) is 11.7 Å². The lowest BCUT2D eigenvalue weighted by Gasteiger charge is -2.14. The molecule has 4 heteroatoms. The van der Waals surface area contributed by atoms with Crippen molar-refractivity contribution in [2.24, 2.45) is 0 Å². The van der Waals surface area contributed by atoms with Gasteiger partial charge in [-0.05, 0) is 42.8 Å². The first-order valence-corrected chi connectivity index (χ1v) is 8.38. The highest BCUT2D eigenvalue weighted by Crippen LogP contribution is 2.21. The van der Waals surface area contributed by atoms with Crippen molar-refractivity contribution < 1.29 is 9.18 Å². The number of hydrogen-bond donors (Lipinski definition) is 1. The van der Waals surface area contributed by atoms with Crippen LogP contribution in [0.25, 0.3) is 17.3 Å². The van der Waals surface area contributed by atoms with Gasteiger partial charge in [-0.25, -0.2) is 4.39 Å². The molecule has 1 N–H and O–H groups in total. The summed E-state index contributed by atoms with van der Waals surface area (Å²) >= 11 is 0. The van der Waals surface area contributed by atoms with Crippen LogP contribution in [0.15, 0.2) is 79.0 Å². The van der Waals surface area contributed by atoms with E-state index in [1.165, 1.54) is 18.2 Å². The van der Waals surface area contributed by atoms with Gasteiger partial charge in [0.15, 0.2) is 0 Å². The maximum Gasteiger partial charge on any atom is 0.244 e. The molecule has 0 radical (unpaired) electrons. The lowest BCUT2D eigenvalue weighted by molar-refractivity contribution is -0.117. The average molecular weight is 346 g/mol. The van der Waals surface area contributed by atoms with Crippen molar-refractivity contribution in [1.82, 2.24) is 10.3 Å². The zero-order valence-electron chi connectivity index (χ0n) is 14.4. The molecule has 0 aliphatic heterocycles. The number of benzene rings is 2. The molecule has 130 valence electrons. The van der Waals surface area contributed by atoms with E-state index in [1.807, 2.05) is 49.4 Å². The number of pyridine rings is 1. The minimum Gasteiger partial charge on any atom is -0.346 e. The van der Waals surface area contributed by atoms with Gasteiger partial charge < -0.3 is 5.32 Å². The van der Waals surface area contributed by atoms with Gasteiger partial charge in [0.1, 0.15) is 5.82 Å². The largest absolute Gasteiger partial charge is 0.346 e. The number of amides is 1. The first kappa shape index (κ1) is 17.5. The van der Waals surface area contributed by atoms with Crippen LogP contribution in [0.2, 0.25) is 0 Å². The van der Waals surface area contributed by atoms with E-state index in [0.29, 0.717) is 5.56 Å². The normalized spacial score (nSPS) is 12.1. The van der Waals surface area contributed by atoms with Gasteiger partial charge in [-0.1, -0.05) is 42.5 Å². The summed E-state index contributed by atoms with van der Waals surface area (Å²) in [4.78, 5) is 16.5. The molecule has 1 aromatic heterocycles. The predicted molar refractivity (Wildman–Crippen MR) is 102 cm³/mol. The predicted octanol–water partition coefficient (Wildman–Crippen LogP) is 4.78. The Labute approximate surface area is 152 Å². The second-order valence-electron chi connectivity index (χ2n) is 5.93. The molecule has 1 atom stereocenters. The molecular formula is C22H19FN2O. The third kappa shape index (κ3) is 4.42. The Hall–Kier alpha value is -3.27. The van der Waals surface area contributed by atoms with Crippen LogP contribution < -0.4 is 5.32 Å². The number of aromatic nitrogens is 1. The van der Waals surface area contributed by atoms with Crippen molar-refractivity contribution >= 4 is 12.0 Å². The average Bonchev–Trinajstić information content (AvgIpc) is 2.68. The minimum atomic E-state index is -0.354. The zero-order chi connectivity index (χ0) is 18.4. The maximum atomic E-state index is 13.6. The van der Waals surface area contributed by atoms with Gasteiger partial charge >= 0.3 is 0 Å². The molecule has 3 rings (SSSR count). The third-order valence-corrected chi connectivity index (χ3v) is 4.03. The Morgan fingerprint density at radius 2 is 1.88 bits per heavy atom. The van der Waals surface area contributed by atoms with Crippen LogP contribution in [0.4, 0.5) is 4.39 Å². The van der Waals surface area contributed by atoms with Crippen LogP contribution in [-0.4, -0.2) is 10.9 Å². The first-order valence-electron chi connectivity index (χ1n) is 8.38. The molecule has 0 fully saturated rings. The highest BCUT2D eigenvalue weighted by Gasteiger charge is 2.09. The maximum absolute atomic E-state index is 13.6. The Morgan fingerprint density at radius 3 is 2.65 bits per heavy atom. The van der Waals surface area contributed by atoms with E-state index in [9.17, 15) is 9.18 Å². The molecule has 3 nitrogen and oxygen atoms in total. The molecule has 3 aromatic rings. The summed E-state index contributed by atoms with van der Waals surface area (Å²) in [6.07, 6.45) is 4.57. The first-order chi connectivity index (χ1) is 12.6. The van der Waals surface area contributed by atoms with Crippen LogP contribution >= 0.6 is 0 Å². The minimum absolute atomic E-state index is 0.184. The molecule has 0 aliphatic carbocycles. The lowest BCUT2D eigenvalue weighted by Crippen LogP contribution is -2.24. The van der Waals surface area contributed by atoms with E-state index >= 15 is 0 Å². The number of carbonyl (C=O) groups is 1. The fraction of sp³-hybridized carbons (Fsp3) is 0.0909. The fourth-order valence-corrected chi connectivity index (χ4v) is 2.62. The lowest BCUT2D eigenvalue weighted by atomic mass is 10.0. The second-order valence-corrected chi connectivity index (χ2v) is 5.93. The fourth-order valence-electron chi connectivity index (χ4n) is 2.62. The number of halogens is 1. The Balaban J connectivity index is 1.69. The van der Waals surface area contributed by atoms with Crippen molar-refractivity contribution in [3.8, 4) is 11.3 Å². The summed E-state index contributed by atoms with van der Waals surface area (Å²) in [7, 11) is 0. The number of rotatable bonds is 5. The Kier molecular flexibility index (Phi) is 5.54.